The van der Waals surface area contributed by atoms with Crippen LogP contribution in [0.5, 0.6) is 5.75 Å². The van der Waals surface area contributed by atoms with E-state index in [1.54, 1.807) is 18.2 Å². The number of carbonyl (C=O) groups is 2. The van der Waals surface area contributed by atoms with Crippen LogP contribution in [0.15, 0.2) is 67.3 Å². The summed E-state index contributed by atoms with van der Waals surface area (Å²) in [5.41, 5.74) is 1.23. The van der Waals surface area contributed by atoms with Gasteiger partial charge in [0.2, 0.25) is 0 Å². The van der Waals surface area contributed by atoms with Crippen molar-refractivity contribution < 1.29 is 19.1 Å². The minimum absolute atomic E-state index is 0.0368. The molecule has 0 saturated carbocycles. The van der Waals surface area contributed by atoms with Crippen LogP contribution < -0.4 is 4.74 Å². The van der Waals surface area contributed by atoms with Gasteiger partial charge in [-0.15, -0.1) is 0 Å². The lowest BCUT2D eigenvalue weighted by atomic mass is 10.0. The summed E-state index contributed by atoms with van der Waals surface area (Å²) in [5, 5.41) is 0. The van der Waals surface area contributed by atoms with Crippen LogP contribution >= 0.6 is 0 Å². The number of hydrogen-bond acceptors (Lipinski definition) is 4. The SMILES string of the molecule is C=CC(=O)OCCCCCCOc1ccccc1C(=O)c1ccccc1. The lowest BCUT2D eigenvalue weighted by Crippen LogP contribution is -2.06. The van der Waals surface area contributed by atoms with Gasteiger partial charge in [-0.05, 0) is 37.8 Å². The Morgan fingerprint density at radius 3 is 2.23 bits per heavy atom. The minimum Gasteiger partial charge on any atom is -0.493 e. The van der Waals surface area contributed by atoms with Crippen molar-refractivity contribution in [3.63, 3.8) is 0 Å². The van der Waals surface area contributed by atoms with E-state index in [0.29, 0.717) is 30.1 Å². The Morgan fingerprint density at radius 2 is 1.50 bits per heavy atom. The van der Waals surface area contributed by atoms with Crippen LogP contribution in [-0.4, -0.2) is 25.0 Å². The van der Waals surface area contributed by atoms with Gasteiger partial charge in [0.25, 0.3) is 0 Å². The van der Waals surface area contributed by atoms with Gasteiger partial charge in [-0.2, -0.15) is 0 Å². The maximum atomic E-state index is 12.6. The fourth-order valence-electron chi connectivity index (χ4n) is 2.50. The van der Waals surface area contributed by atoms with Gasteiger partial charge in [0, 0.05) is 11.6 Å². The highest BCUT2D eigenvalue weighted by atomic mass is 16.5. The van der Waals surface area contributed by atoms with Crippen molar-refractivity contribution in [2.75, 3.05) is 13.2 Å². The van der Waals surface area contributed by atoms with E-state index in [9.17, 15) is 9.59 Å². The van der Waals surface area contributed by atoms with Gasteiger partial charge in [0.15, 0.2) is 5.78 Å². The third kappa shape index (κ3) is 6.20. The van der Waals surface area contributed by atoms with Crippen molar-refractivity contribution in [2.24, 2.45) is 0 Å². The molecule has 0 atom stereocenters. The van der Waals surface area contributed by atoms with Crippen molar-refractivity contribution in [1.29, 1.82) is 0 Å². The molecule has 2 aromatic rings. The highest BCUT2D eigenvalue weighted by molar-refractivity contribution is 6.10. The van der Waals surface area contributed by atoms with E-state index < -0.39 is 0 Å². The smallest absolute Gasteiger partial charge is 0.330 e. The number of hydrogen-bond donors (Lipinski definition) is 0. The lowest BCUT2D eigenvalue weighted by Gasteiger charge is -2.11. The Balaban J connectivity index is 1.76. The molecule has 0 heterocycles. The Bertz CT molecular complexity index is 722. The second kappa shape index (κ2) is 10.9. The average Bonchev–Trinajstić information content (AvgIpc) is 2.70. The van der Waals surface area contributed by atoms with E-state index >= 15 is 0 Å². The molecular weight excluding hydrogens is 328 g/mol. The van der Waals surface area contributed by atoms with Crippen LogP contribution in [0.1, 0.15) is 41.6 Å². The standard InChI is InChI=1S/C22H24O4/c1-2-21(23)26-17-11-4-3-10-16-25-20-15-9-8-14-19(20)22(24)18-12-6-5-7-13-18/h2,5-9,12-15H,1,3-4,10-11,16-17H2. The number of carbonyl (C=O) groups excluding carboxylic acids is 2. The van der Waals surface area contributed by atoms with Crippen LogP contribution in [-0.2, 0) is 9.53 Å². The molecule has 0 bridgehead atoms. The monoisotopic (exact) mass is 352 g/mol. The predicted octanol–water partition coefficient (Wildman–Crippen LogP) is 4.59. The summed E-state index contributed by atoms with van der Waals surface area (Å²) >= 11 is 0. The first-order valence-corrected chi connectivity index (χ1v) is 8.83. The number of ether oxygens (including phenoxy) is 2. The molecule has 0 radical (unpaired) electrons. The molecule has 0 aliphatic carbocycles. The summed E-state index contributed by atoms with van der Waals surface area (Å²) < 4.78 is 10.7. The summed E-state index contributed by atoms with van der Waals surface area (Å²) in [5.74, 6) is 0.194. The zero-order chi connectivity index (χ0) is 18.6. The maximum absolute atomic E-state index is 12.6. The van der Waals surface area contributed by atoms with E-state index in [1.165, 1.54) is 6.08 Å². The molecule has 0 N–H and O–H groups in total. The Hall–Kier alpha value is -2.88. The normalized spacial score (nSPS) is 10.2. The van der Waals surface area contributed by atoms with Gasteiger partial charge < -0.3 is 9.47 Å². The highest BCUT2D eigenvalue weighted by Crippen LogP contribution is 2.22. The summed E-state index contributed by atoms with van der Waals surface area (Å²) in [7, 11) is 0. The molecule has 0 aliphatic heterocycles. The van der Waals surface area contributed by atoms with E-state index in [0.717, 1.165) is 25.7 Å². The predicted molar refractivity (Wildman–Crippen MR) is 101 cm³/mol. The zero-order valence-electron chi connectivity index (χ0n) is 14.9. The summed E-state index contributed by atoms with van der Waals surface area (Å²) in [6, 6.07) is 16.5. The highest BCUT2D eigenvalue weighted by Gasteiger charge is 2.13. The lowest BCUT2D eigenvalue weighted by molar-refractivity contribution is -0.137. The van der Waals surface area contributed by atoms with Crippen LogP contribution in [0, 0.1) is 0 Å². The third-order valence-electron chi connectivity index (χ3n) is 3.87. The van der Waals surface area contributed by atoms with E-state index in [4.69, 9.17) is 9.47 Å². The van der Waals surface area contributed by atoms with Gasteiger partial charge in [0.1, 0.15) is 5.75 Å². The second-order valence-electron chi connectivity index (χ2n) is 5.83. The number of esters is 1. The van der Waals surface area contributed by atoms with E-state index in [1.807, 2.05) is 36.4 Å². The van der Waals surface area contributed by atoms with Gasteiger partial charge in [0.05, 0.1) is 18.8 Å². The molecule has 2 aromatic carbocycles. The topological polar surface area (TPSA) is 52.6 Å². The van der Waals surface area contributed by atoms with Crippen molar-refractivity contribution in [3.8, 4) is 5.75 Å². The van der Waals surface area contributed by atoms with Crippen LogP contribution in [0.3, 0.4) is 0 Å². The molecule has 0 saturated heterocycles. The third-order valence-corrected chi connectivity index (χ3v) is 3.87. The van der Waals surface area contributed by atoms with E-state index in [-0.39, 0.29) is 11.8 Å². The van der Waals surface area contributed by atoms with Crippen molar-refractivity contribution in [2.45, 2.75) is 25.7 Å². The first-order valence-electron chi connectivity index (χ1n) is 8.83. The fourth-order valence-corrected chi connectivity index (χ4v) is 2.50. The van der Waals surface area contributed by atoms with Crippen molar-refractivity contribution >= 4 is 11.8 Å². The van der Waals surface area contributed by atoms with Gasteiger partial charge in [-0.1, -0.05) is 49.0 Å². The van der Waals surface area contributed by atoms with Crippen molar-refractivity contribution in [1.82, 2.24) is 0 Å². The summed E-state index contributed by atoms with van der Waals surface area (Å²) in [4.78, 5) is 23.5. The minimum atomic E-state index is -0.381. The molecular formula is C22H24O4. The van der Waals surface area contributed by atoms with Gasteiger partial charge in [-0.3, -0.25) is 4.79 Å². The van der Waals surface area contributed by atoms with Crippen molar-refractivity contribution in [3.05, 3.63) is 78.4 Å². The molecule has 0 fully saturated rings. The second-order valence-corrected chi connectivity index (χ2v) is 5.83. The zero-order valence-corrected chi connectivity index (χ0v) is 14.9. The van der Waals surface area contributed by atoms with Crippen LogP contribution in [0.25, 0.3) is 0 Å². The Kier molecular flexibility index (Phi) is 8.13. The fraction of sp³-hybridized carbons (Fsp3) is 0.273. The number of rotatable bonds is 11. The molecule has 136 valence electrons. The first kappa shape index (κ1) is 19.4. The van der Waals surface area contributed by atoms with Crippen LogP contribution in [0.4, 0.5) is 0 Å². The molecule has 0 unspecified atom stereocenters. The summed E-state index contributed by atoms with van der Waals surface area (Å²) in [6.45, 7) is 4.32. The largest absolute Gasteiger partial charge is 0.493 e. The van der Waals surface area contributed by atoms with Gasteiger partial charge >= 0.3 is 5.97 Å². The molecule has 4 heteroatoms. The molecule has 26 heavy (non-hydrogen) atoms. The average molecular weight is 352 g/mol. The number of benzene rings is 2. The number of para-hydroxylation sites is 1. The number of ketones is 1. The molecule has 0 spiro atoms. The van der Waals surface area contributed by atoms with Crippen LogP contribution in [0.2, 0.25) is 0 Å². The van der Waals surface area contributed by atoms with Gasteiger partial charge in [-0.25, -0.2) is 4.79 Å². The molecule has 4 nitrogen and oxygen atoms in total. The van der Waals surface area contributed by atoms with E-state index in [2.05, 4.69) is 6.58 Å². The maximum Gasteiger partial charge on any atom is 0.330 e. The Morgan fingerprint density at radius 1 is 0.846 bits per heavy atom. The molecule has 0 aliphatic rings. The molecule has 0 amide bonds. The first-order chi connectivity index (χ1) is 12.7. The molecule has 0 aromatic heterocycles. The molecule has 2 rings (SSSR count). The summed E-state index contributed by atoms with van der Waals surface area (Å²) in [6.07, 6.45) is 4.80. The quantitative estimate of drug-likeness (QED) is 0.257. The Labute approximate surface area is 154 Å². The number of unbranched alkanes of at least 4 members (excludes halogenated alkanes) is 3.